The smallest absolute Gasteiger partial charge is 0.153 e. The lowest BCUT2D eigenvalue weighted by molar-refractivity contribution is 0.624. The Kier molecular flexibility index (Phi) is 3.36. The second-order valence-corrected chi connectivity index (χ2v) is 4.49. The standard InChI is InChI=1S/C11H20N4/c1-2-9(12)7-10-13-11(15-14-10)8-5-3-4-6-8/h8-9H,2-7,12H2,1H3,(H,13,14,15). The van der Waals surface area contributed by atoms with Crippen molar-refractivity contribution in [3.8, 4) is 0 Å². The Bertz CT molecular complexity index is 301. The van der Waals surface area contributed by atoms with E-state index in [0.717, 1.165) is 24.5 Å². The molecule has 2 rings (SSSR count). The molecule has 1 aliphatic rings. The fourth-order valence-electron chi connectivity index (χ4n) is 2.16. The van der Waals surface area contributed by atoms with E-state index in [1.807, 2.05) is 0 Å². The maximum Gasteiger partial charge on any atom is 0.153 e. The van der Waals surface area contributed by atoms with Gasteiger partial charge >= 0.3 is 0 Å². The van der Waals surface area contributed by atoms with E-state index in [2.05, 4.69) is 22.1 Å². The highest BCUT2D eigenvalue weighted by molar-refractivity contribution is 5.00. The third kappa shape index (κ3) is 2.56. The first-order valence-electron chi connectivity index (χ1n) is 5.96. The van der Waals surface area contributed by atoms with Gasteiger partial charge < -0.3 is 5.73 Å². The van der Waals surface area contributed by atoms with Gasteiger partial charge in [-0.05, 0) is 19.3 Å². The summed E-state index contributed by atoms with van der Waals surface area (Å²) >= 11 is 0. The third-order valence-corrected chi connectivity index (χ3v) is 3.25. The van der Waals surface area contributed by atoms with Crippen LogP contribution in [0.1, 0.15) is 56.6 Å². The molecule has 0 radical (unpaired) electrons. The van der Waals surface area contributed by atoms with Gasteiger partial charge in [0.25, 0.3) is 0 Å². The Balaban J connectivity index is 1.97. The fraction of sp³-hybridized carbons (Fsp3) is 0.818. The predicted octanol–water partition coefficient (Wildman–Crippen LogP) is 1.74. The largest absolute Gasteiger partial charge is 0.327 e. The highest BCUT2D eigenvalue weighted by Gasteiger charge is 2.21. The summed E-state index contributed by atoms with van der Waals surface area (Å²) in [5.74, 6) is 2.55. The fourth-order valence-corrected chi connectivity index (χ4v) is 2.16. The van der Waals surface area contributed by atoms with E-state index in [0.29, 0.717) is 5.92 Å². The molecule has 0 amide bonds. The summed E-state index contributed by atoms with van der Waals surface area (Å²) < 4.78 is 0. The maximum absolute atomic E-state index is 5.88. The topological polar surface area (TPSA) is 67.6 Å². The molecule has 0 aromatic carbocycles. The number of hydrogen-bond acceptors (Lipinski definition) is 3. The number of hydrogen-bond donors (Lipinski definition) is 2. The summed E-state index contributed by atoms with van der Waals surface area (Å²) in [6, 6.07) is 0.203. The first-order valence-corrected chi connectivity index (χ1v) is 5.96. The van der Waals surface area contributed by atoms with Crippen LogP contribution in [0.25, 0.3) is 0 Å². The quantitative estimate of drug-likeness (QED) is 0.792. The van der Waals surface area contributed by atoms with Crippen LogP contribution >= 0.6 is 0 Å². The summed E-state index contributed by atoms with van der Waals surface area (Å²) in [6.07, 6.45) is 6.94. The van der Waals surface area contributed by atoms with Gasteiger partial charge in [0.05, 0.1) is 0 Å². The highest BCUT2D eigenvalue weighted by atomic mass is 15.2. The van der Waals surface area contributed by atoms with E-state index in [9.17, 15) is 0 Å². The molecule has 1 aromatic rings. The van der Waals surface area contributed by atoms with Crippen molar-refractivity contribution in [3.05, 3.63) is 11.6 Å². The molecular weight excluding hydrogens is 188 g/mol. The number of rotatable bonds is 4. The molecule has 1 fully saturated rings. The Morgan fingerprint density at radius 1 is 1.47 bits per heavy atom. The van der Waals surface area contributed by atoms with Crippen molar-refractivity contribution in [1.29, 1.82) is 0 Å². The van der Waals surface area contributed by atoms with Crippen LogP contribution in [0.2, 0.25) is 0 Å². The Labute approximate surface area is 90.7 Å². The molecule has 84 valence electrons. The van der Waals surface area contributed by atoms with E-state index in [1.165, 1.54) is 25.7 Å². The van der Waals surface area contributed by atoms with Crippen molar-refractivity contribution >= 4 is 0 Å². The molecule has 1 aromatic heterocycles. The monoisotopic (exact) mass is 208 g/mol. The van der Waals surface area contributed by atoms with Crippen LogP contribution in [0.15, 0.2) is 0 Å². The van der Waals surface area contributed by atoms with Crippen LogP contribution in [-0.2, 0) is 6.42 Å². The van der Waals surface area contributed by atoms with Gasteiger partial charge in [0, 0.05) is 18.4 Å². The van der Waals surface area contributed by atoms with Crippen molar-refractivity contribution in [1.82, 2.24) is 15.2 Å². The molecule has 0 saturated heterocycles. The van der Waals surface area contributed by atoms with E-state index in [-0.39, 0.29) is 6.04 Å². The van der Waals surface area contributed by atoms with Gasteiger partial charge in [-0.15, -0.1) is 0 Å². The van der Waals surface area contributed by atoms with Crippen LogP contribution in [0.4, 0.5) is 0 Å². The summed E-state index contributed by atoms with van der Waals surface area (Å²) in [7, 11) is 0. The lowest BCUT2D eigenvalue weighted by Crippen LogP contribution is -2.22. The number of aromatic amines is 1. The van der Waals surface area contributed by atoms with Crippen LogP contribution in [0.3, 0.4) is 0 Å². The Morgan fingerprint density at radius 2 is 2.20 bits per heavy atom. The highest BCUT2D eigenvalue weighted by Crippen LogP contribution is 2.31. The maximum atomic E-state index is 5.88. The van der Waals surface area contributed by atoms with Gasteiger partial charge in [-0.1, -0.05) is 19.8 Å². The zero-order valence-electron chi connectivity index (χ0n) is 9.37. The molecule has 1 heterocycles. The van der Waals surface area contributed by atoms with Gasteiger partial charge in [-0.25, -0.2) is 4.98 Å². The summed E-state index contributed by atoms with van der Waals surface area (Å²) in [5.41, 5.74) is 5.88. The minimum absolute atomic E-state index is 0.203. The van der Waals surface area contributed by atoms with Crippen LogP contribution in [-0.4, -0.2) is 21.2 Å². The minimum atomic E-state index is 0.203. The summed E-state index contributed by atoms with van der Waals surface area (Å²) in [4.78, 5) is 4.53. The lowest BCUT2D eigenvalue weighted by atomic mass is 10.1. The molecule has 1 aliphatic carbocycles. The van der Waals surface area contributed by atoms with E-state index >= 15 is 0 Å². The number of nitrogens with zero attached hydrogens (tertiary/aromatic N) is 2. The van der Waals surface area contributed by atoms with Crippen molar-refractivity contribution in [3.63, 3.8) is 0 Å². The molecule has 1 saturated carbocycles. The lowest BCUT2D eigenvalue weighted by Gasteiger charge is -2.04. The van der Waals surface area contributed by atoms with Crippen LogP contribution in [0, 0.1) is 0 Å². The zero-order chi connectivity index (χ0) is 10.7. The second kappa shape index (κ2) is 4.75. The molecule has 4 heteroatoms. The second-order valence-electron chi connectivity index (χ2n) is 4.49. The van der Waals surface area contributed by atoms with Crippen molar-refractivity contribution in [2.24, 2.45) is 5.73 Å². The molecular formula is C11H20N4. The Hall–Kier alpha value is -0.900. The first-order chi connectivity index (χ1) is 7.29. The van der Waals surface area contributed by atoms with Crippen LogP contribution in [0.5, 0.6) is 0 Å². The number of aromatic nitrogens is 3. The van der Waals surface area contributed by atoms with Crippen molar-refractivity contribution in [2.75, 3.05) is 0 Å². The van der Waals surface area contributed by atoms with Gasteiger partial charge in [0.15, 0.2) is 5.82 Å². The molecule has 3 N–H and O–H groups in total. The van der Waals surface area contributed by atoms with E-state index < -0.39 is 0 Å². The average Bonchev–Trinajstić information content (AvgIpc) is 2.85. The van der Waals surface area contributed by atoms with E-state index in [1.54, 1.807) is 0 Å². The molecule has 1 unspecified atom stereocenters. The minimum Gasteiger partial charge on any atom is -0.327 e. The third-order valence-electron chi connectivity index (χ3n) is 3.25. The number of H-pyrrole nitrogens is 1. The molecule has 0 aliphatic heterocycles. The molecule has 4 nitrogen and oxygen atoms in total. The van der Waals surface area contributed by atoms with Gasteiger partial charge in [-0.2, -0.15) is 5.10 Å². The van der Waals surface area contributed by atoms with Gasteiger partial charge in [0.2, 0.25) is 0 Å². The number of nitrogens with two attached hydrogens (primary N) is 1. The Morgan fingerprint density at radius 3 is 2.87 bits per heavy atom. The van der Waals surface area contributed by atoms with Crippen molar-refractivity contribution in [2.45, 2.75) is 57.4 Å². The van der Waals surface area contributed by atoms with E-state index in [4.69, 9.17) is 5.73 Å². The summed E-state index contributed by atoms with van der Waals surface area (Å²) in [5, 5.41) is 7.30. The predicted molar refractivity (Wildman–Crippen MR) is 59.6 cm³/mol. The zero-order valence-corrected chi connectivity index (χ0v) is 9.37. The summed E-state index contributed by atoms with van der Waals surface area (Å²) in [6.45, 7) is 2.10. The molecule has 15 heavy (non-hydrogen) atoms. The van der Waals surface area contributed by atoms with Crippen molar-refractivity contribution < 1.29 is 0 Å². The number of nitrogens with one attached hydrogen (secondary N) is 1. The molecule has 0 bridgehead atoms. The van der Waals surface area contributed by atoms with Gasteiger partial charge in [0.1, 0.15) is 5.82 Å². The SMILES string of the molecule is CCC(N)Cc1nc(C2CCCC2)n[nH]1. The average molecular weight is 208 g/mol. The normalized spacial score (nSPS) is 19.6. The van der Waals surface area contributed by atoms with Crippen LogP contribution < -0.4 is 5.73 Å². The first kappa shape index (κ1) is 10.6. The molecule has 1 atom stereocenters. The van der Waals surface area contributed by atoms with Gasteiger partial charge in [-0.3, -0.25) is 5.10 Å². The molecule has 0 spiro atoms.